The molecule has 1 nitrogen and oxygen atoms in total. The van der Waals surface area contributed by atoms with E-state index in [9.17, 15) is 0 Å². The van der Waals surface area contributed by atoms with Crippen molar-refractivity contribution in [2.45, 2.75) is 32.1 Å². The lowest BCUT2D eigenvalue weighted by Crippen LogP contribution is -2.33. The molecular formula is C14H20BrN. The molecule has 0 saturated carbocycles. The standard InChI is InChI=1S/C14H20BrN/c1-11(2)9-16-6-5-13-7-12(8-15)3-4-14(13)10-16/h3-4,7,11H,5-6,8-10H2,1-2H3. The van der Waals surface area contributed by atoms with Gasteiger partial charge in [0.1, 0.15) is 0 Å². The third kappa shape index (κ3) is 2.86. The second-order valence-electron chi connectivity index (χ2n) is 5.12. The minimum atomic E-state index is 0.767. The molecule has 0 unspecified atom stereocenters. The van der Waals surface area contributed by atoms with Crippen molar-refractivity contribution >= 4 is 15.9 Å². The molecule has 0 aromatic heterocycles. The Morgan fingerprint density at radius 3 is 2.81 bits per heavy atom. The summed E-state index contributed by atoms with van der Waals surface area (Å²) >= 11 is 3.52. The summed E-state index contributed by atoms with van der Waals surface area (Å²) in [6.45, 7) is 8.17. The van der Waals surface area contributed by atoms with Gasteiger partial charge in [-0.2, -0.15) is 0 Å². The average Bonchev–Trinajstić information content (AvgIpc) is 2.27. The molecule has 1 aromatic carbocycles. The minimum absolute atomic E-state index is 0.767. The van der Waals surface area contributed by atoms with Crippen LogP contribution in [0.2, 0.25) is 0 Å². The monoisotopic (exact) mass is 281 g/mol. The molecule has 16 heavy (non-hydrogen) atoms. The molecule has 1 aliphatic rings. The maximum absolute atomic E-state index is 3.52. The number of hydrogen-bond donors (Lipinski definition) is 0. The van der Waals surface area contributed by atoms with E-state index in [0.717, 1.165) is 17.8 Å². The summed E-state index contributed by atoms with van der Waals surface area (Å²) in [4.78, 5) is 2.57. The van der Waals surface area contributed by atoms with Gasteiger partial charge in [-0.1, -0.05) is 48.0 Å². The molecule has 2 rings (SSSR count). The Kier molecular flexibility index (Phi) is 4.04. The lowest BCUT2D eigenvalue weighted by molar-refractivity contribution is 0.226. The van der Waals surface area contributed by atoms with Crippen LogP contribution >= 0.6 is 15.9 Å². The lowest BCUT2D eigenvalue weighted by atomic mass is 9.97. The Labute approximate surface area is 107 Å². The van der Waals surface area contributed by atoms with Crippen molar-refractivity contribution < 1.29 is 0 Å². The van der Waals surface area contributed by atoms with Gasteiger partial charge in [0.2, 0.25) is 0 Å². The fourth-order valence-corrected chi connectivity index (χ4v) is 2.77. The topological polar surface area (TPSA) is 3.24 Å². The predicted octanol–water partition coefficient (Wildman–Crippen LogP) is 3.60. The van der Waals surface area contributed by atoms with Gasteiger partial charge in [0.25, 0.3) is 0 Å². The third-order valence-corrected chi connectivity index (χ3v) is 3.79. The summed E-state index contributed by atoms with van der Waals surface area (Å²) in [6, 6.07) is 6.90. The molecule has 0 atom stereocenters. The molecule has 0 amide bonds. The van der Waals surface area contributed by atoms with Crippen LogP contribution in [-0.4, -0.2) is 18.0 Å². The zero-order valence-electron chi connectivity index (χ0n) is 10.2. The van der Waals surface area contributed by atoms with E-state index in [1.165, 1.54) is 30.6 Å². The molecular weight excluding hydrogens is 262 g/mol. The van der Waals surface area contributed by atoms with Crippen LogP contribution in [0.4, 0.5) is 0 Å². The van der Waals surface area contributed by atoms with Gasteiger partial charge in [-0.05, 0) is 29.0 Å². The van der Waals surface area contributed by atoms with Gasteiger partial charge in [-0.3, -0.25) is 4.90 Å². The SMILES string of the molecule is CC(C)CN1CCc2cc(CBr)ccc2C1. The fourth-order valence-electron chi connectivity index (χ4n) is 2.42. The van der Waals surface area contributed by atoms with Crippen LogP contribution in [0.5, 0.6) is 0 Å². The van der Waals surface area contributed by atoms with Gasteiger partial charge in [-0.15, -0.1) is 0 Å². The van der Waals surface area contributed by atoms with Crippen LogP contribution in [-0.2, 0) is 18.3 Å². The van der Waals surface area contributed by atoms with Crippen molar-refractivity contribution in [3.05, 3.63) is 34.9 Å². The van der Waals surface area contributed by atoms with Gasteiger partial charge in [-0.25, -0.2) is 0 Å². The first-order valence-corrected chi connectivity index (χ1v) is 7.20. The van der Waals surface area contributed by atoms with Crippen LogP contribution in [0.15, 0.2) is 18.2 Å². The van der Waals surface area contributed by atoms with E-state index in [0.29, 0.717) is 0 Å². The molecule has 1 aliphatic heterocycles. The summed E-state index contributed by atoms with van der Waals surface area (Å²) in [5, 5.41) is 0.968. The Balaban J connectivity index is 2.09. The largest absolute Gasteiger partial charge is 0.298 e. The number of fused-ring (bicyclic) bond motifs is 1. The zero-order valence-corrected chi connectivity index (χ0v) is 11.8. The minimum Gasteiger partial charge on any atom is -0.298 e. The summed E-state index contributed by atoms with van der Waals surface area (Å²) in [5.74, 6) is 0.767. The number of nitrogens with zero attached hydrogens (tertiary/aromatic N) is 1. The Morgan fingerprint density at radius 1 is 1.31 bits per heavy atom. The Morgan fingerprint density at radius 2 is 2.12 bits per heavy atom. The lowest BCUT2D eigenvalue weighted by Gasteiger charge is -2.30. The van der Waals surface area contributed by atoms with Crippen molar-refractivity contribution in [3.63, 3.8) is 0 Å². The molecule has 0 bridgehead atoms. The molecule has 88 valence electrons. The molecule has 1 heterocycles. The highest BCUT2D eigenvalue weighted by Gasteiger charge is 2.16. The predicted molar refractivity (Wildman–Crippen MR) is 72.9 cm³/mol. The number of halogens is 1. The van der Waals surface area contributed by atoms with E-state index in [4.69, 9.17) is 0 Å². The van der Waals surface area contributed by atoms with Crippen LogP contribution in [0.3, 0.4) is 0 Å². The molecule has 0 fully saturated rings. The normalized spacial score (nSPS) is 16.5. The van der Waals surface area contributed by atoms with Crippen LogP contribution in [0.1, 0.15) is 30.5 Å². The van der Waals surface area contributed by atoms with Crippen molar-refractivity contribution in [3.8, 4) is 0 Å². The molecule has 1 aromatic rings. The number of hydrogen-bond acceptors (Lipinski definition) is 1. The summed E-state index contributed by atoms with van der Waals surface area (Å²) in [5.41, 5.74) is 4.48. The Bertz CT molecular complexity index is 360. The maximum Gasteiger partial charge on any atom is 0.0283 e. The second-order valence-corrected chi connectivity index (χ2v) is 5.68. The summed E-state index contributed by atoms with van der Waals surface area (Å²) in [6.07, 6.45) is 1.21. The summed E-state index contributed by atoms with van der Waals surface area (Å²) < 4.78 is 0. The highest BCUT2D eigenvalue weighted by atomic mass is 79.9. The van der Waals surface area contributed by atoms with E-state index in [1.54, 1.807) is 5.56 Å². The van der Waals surface area contributed by atoms with Gasteiger partial charge >= 0.3 is 0 Å². The number of rotatable bonds is 3. The molecule has 2 heteroatoms. The van der Waals surface area contributed by atoms with Crippen molar-refractivity contribution in [2.24, 2.45) is 5.92 Å². The van der Waals surface area contributed by atoms with E-state index in [-0.39, 0.29) is 0 Å². The smallest absolute Gasteiger partial charge is 0.0283 e. The van der Waals surface area contributed by atoms with Crippen LogP contribution < -0.4 is 0 Å². The molecule has 0 spiro atoms. The van der Waals surface area contributed by atoms with E-state index < -0.39 is 0 Å². The van der Waals surface area contributed by atoms with Gasteiger partial charge in [0, 0.05) is 25.0 Å². The van der Waals surface area contributed by atoms with Gasteiger partial charge < -0.3 is 0 Å². The third-order valence-electron chi connectivity index (χ3n) is 3.14. The fraction of sp³-hybridized carbons (Fsp3) is 0.571. The van der Waals surface area contributed by atoms with E-state index in [1.807, 2.05) is 0 Å². The second kappa shape index (κ2) is 5.33. The Hall–Kier alpha value is -0.340. The average molecular weight is 282 g/mol. The quantitative estimate of drug-likeness (QED) is 0.766. The van der Waals surface area contributed by atoms with Crippen LogP contribution in [0.25, 0.3) is 0 Å². The number of benzene rings is 1. The highest BCUT2D eigenvalue weighted by Crippen LogP contribution is 2.21. The van der Waals surface area contributed by atoms with Crippen LogP contribution in [0, 0.1) is 5.92 Å². The van der Waals surface area contributed by atoms with Gasteiger partial charge in [0.05, 0.1) is 0 Å². The molecule has 0 N–H and O–H groups in total. The number of alkyl halides is 1. The first kappa shape index (κ1) is 12.1. The zero-order chi connectivity index (χ0) is 11.5. The highest BCUT2D eigenvalue weighted by molar-refractivity contribution is 9.08. The first-order chi connectivity index (χ1) is 7.69. The van der Waals surface area contributed by atoms with Crippen molar-refractivity contribution in [1.82, 2.24) is 4.90 Å². The molecule has 0 saturated heterocycles. The summed E-state index contributed by atoms with van der Waals surface area (Å²) in [7, 11) is 0. The van der Waals surface area contributed by atoms with Crippen molar-refractivity contribution in [1.29, 1.82) is 0 Å². The van der Waals surface area contributed by atoms with Gasteiger partial charge in [0.15, 0.2) is 0 Å². The van der Waals surface area contributed by atoms with E-state index >= 15 is 0 Å². The first-order valence-electron chi connectivity index (χ1n) is 6.08. The molecule has 0 radical (unpaired) electrons. The maximum atomic E-state index is 3.52. The molecule has 0 aliphatic carbocycles. The van der Waals surface area contributed by atoms with Crippen molar-refractivity contribution in [2.75, 3.05) is 13.1 Å². The van der Waals surface area contributed by atoms with E-state index in [2.05, 4.69) is 52.9 Å².